The Kier molecular flexibility index (Phi) is 6.44. The minimum Gasteiger partial charge on any atom is -0.322 e. The van der Waals surface area contributed by atoms with E-state index >= 15 is 0 Å². The van der Waals surface area contributed by atoms with E-state index in [1.54, 1.807) is 28.9 Å². The number of aryl methyl sites for hydroxylation is 1. The maximum Gasteiger partial charge on any atom is 0.258 e. The summed E-state index contributed by atoms with van der Waals surface area (Å²) in [4.78, 5) is 17.2. The fourth-order valence-electron chi connectivity index (χ4n) is 3.96. The summed E-state index contributed by atoms with van der Waals surface area (Å²) < 4.78 is 26.8. The monoisotopic (exact) mass is 495 g/mol. The van der Waals surface area contributed by atoms with E-state index in [0.717, 1.165) is 12.8 Å². The highest BCUT2D eigenvalue weighted by molar-refractivity contribution is 7.88. The number of benzene rings is 1. The zero-order valence-corrected chi connectivity index (χ0v) is 20.0. The summed E-state index contributed by atoms with van der Waals surface area (Å²) in [6.45, 7) is 3.46. The Bertz CT molecular complexity index is 1270. The second-order valence-corrected chi connectivity index (χ2v) is 10.8. The summed E-state index contributed by atoms with van der Waals surface area (Å²) in [6, 6.07) is 6.79. The molecule has 2 aromatic heterocycles. The molecule has 0 unspecified atom stereocenters. The van der Waals surface area contributed by atoms with E-state index in [1.165, 1.54) is 16.8 Å². The Hall–Kier alpha value is -2.20. The zero-order valence-electron chi connectivity index (χ0n) is 17.7. The molecule has 0 aliphatic carbocycles. The molecule has 0 bridgehead atoms. The number of pyridine rings is 1. The van der Waals surface area contributed by atoms with Crippen molar-refractivity contribution in [1.82, 2.24) is 19.1 Å². The van der Waals surface area contributed by atoms with Crippen LogP contribution < -0.4 is 5.32 Å². The van der Waals surface area contributed by atoms with Crippen molar-refractivity contribution in [2.24, 2.45) is 5.92 Å². The third-order valence-electron chi connectivity index (χ3n) is 5.69. The van der Waals surface area contributed by atoms with Crippen molar-refractivity contribution in [2.45, 2.75) is 26.3 Å². The Morgan fingerprint density at radius 3 is 2.47 bits per heavy atom. The number of rotatable bonds is 5. The lowest BCUT2D eigenvalue weighted by Gasteiger charge is -2.30. The highest BCUT2D eigenvalue weighted by Gasteiger charge is 2.26. The van der Waals surface area contributed by atoms with Crippen LogP contribution >= 0.6 is 23.2 Å². The van der Waals surface area contributed by atoms with Gasteiger partial charge < -0.3 is 5.32 Å². The first-order valence-corrected chi connectivity index (χ1v) is 12.8. The van der Waals surface area contributed by atoms with Crippen molar-refractivity contribution in [3.8, 4) is 0 Å². The summed E-state index contributed by atoms with van der Waals surface area (Å²) in [6.07, 6.45) is 4.20. The molecule has 11 heteroatoms. The lowest BCUT2D eigenvalue weighted by atomic mass is 9.98. The van der Waals surface area contributed by atoms with Gasteiger partial charge in [0.2, 0.25) is 10.0 Å². The van der Waals surface area contributed by atoms with Crippen molar-refractivity contribution in [3.05, 3.63) is 51.8 Å². The maximum absolute atomic E-state index is 12.8. The second kappa shape index (κ2) is 8.97. The molecule has 32 heavy (non-hydrogen) atoms. The van der Waals surface area contributed by atoms with Gasteiger partial charge in [-0.25, -0.2) is 22.4 Å². The van der Waals surface area contributed by atoms with Crippen molar-refractivity contribution in [1.29, 1.82) is 0 Å². The highest BCUT2D eigenvalue weighted by atomic mass is 35.5. The molecule has 1 amide bonds. The van der Waals surface area contributed by atoms with Crippen molar-refractivity contribution >= 4 is 55.9 Å². The molecule has 1 saturated heterocycles. The van der Waals surface area contributed by atoms with Gasteiger partial charge in [-0.15, -0.1) is 0 Å². The third kappa shape index (κ3) is 4.76. The molecule has 1 fully saturated rings. The first-order valence-electron chi connectivity index (χ1n) is 10.2. The molecular formula is C21H23Cl2N5O3S. The fourth-order valence-corrected chi connectivity index (χ4v) is 5.32. The number of halogens is 2. The van der Waals surface area contributed by atoms with E-state index < -0.39 is 10.0 Å². The minimum atomic E-state index is -3.16. The predicted octanol–water partition coefficient (Wildman–Crippen LogP) is 3.97. The summed E-state index contributed by atoms with van der Waals surface area (Å²) in [7, 11) is -3.16. The van der Waals surface area contributed by atoms with Crippen LogP contribution in [-0.4, -0.2) is 52.7 Å². The van der Waals surface area contributed by atoms with Gasteiger partial charge in [0.1, 0.15) is 0 Å². The number of anilines is 1. The standard InChI is InChI=1S/C21H23Cl2N5O3S/c1-13-18-19(23)17(21(29)25-16-5-3-15(22)4-6-16)11-24-20(18)28(26-13)12-14-7-9-27(10-8-14)32(2,30)31/h3-6,11,14H,7-10,12H2,1-2H3,(H,25,29). The Labute approximate surface area is 196 Å². The number of hydrogen-bond acceptors (Lipinski definition) is 5. The van der Waals surface area contributed by atoms with E-state index in [-0.39, 0.29) is 17.4 Å². The van der Waals surface area contributed by atoms with Crippen LogP contribution in [0.4, 0.5) is 5.69 Å². The van der Waals surface area contributed by atoms with E-state index in [4.69, 9.17) is 23.2 Å². The zero-order chi connectivity index (χ0) is 23.0. The first kappa shape index (κ1) is 23.0. The molecular weight excluding hydrogens is 473 g/mol. The molecule has 8 nitrogen and oxygen atoms in total. The normalized spacial score (nSPS) is 15.9. The minimum absolute atomic E-state index is 0.262. The second-order valence-electron chi connectivity index (χ2n) is 8.02. The number of amides is 1. The maximum atomic E-state index is 12.8. The SMILES string of the molecule is Cc1nn(CC2CCN(S(C)(=O)=O)CC2)c2ncc(C(=O)Nc3ccc(Cl)cc3)c(Cl)c12. The molecule has 1 aromatic carbocycles. The van der Waals surface area contributed by atoms with Gasteiger partial charge in [0, 0.05) is 36.5 Å². The summed E-state index contributed by atoms with van der Waals surface area (Å²) in [5.41, 5.74) is 2.16. The number of fused-ring (bicyclic) bond motifs is 1. The Morgan fingerprint density at radius 2 is 1.84 bits per heavy atom. The molecule has 1 aliphatic rings. The lowest BCUT2D eigenvalue weighted by molar-refractivity contribution is 0.102. The number of carbonyl (C=O) groups excluding carboxylic acids is 1. The molecule has 170 valence electrons. The topological polar surface area (TPSA) is 97.2 Å². The van der Waals surface area contributed by atoms with Gasteiger partial charge >= 0.3 is 0 Å². The number of hydrogen-bond donors (Lipinski definition) is 1. The summed E-state index contributed by atoms with van der Waals surface area (Å²) in [5, 5.41) is 8.92. The number of carbonyl (C=O) groups is 1. The van der Waals surface area contributed by atoms with Crippen LogP contribution in [0, 0.1) is 12.8 Å². The van der Waals surface area contributed by atoms with Crippen LogP contribution in [0.15, 0.2) is 30.5 Å². The van der Waals surface area contributed by atoms with Crippen molar-refractivity contribution in [3.63, 3.8) is 0 Å². The van der Waals surface area contributed by atoms with E-state index in [0.29, 0.717) is 52.1 Å². The first-order chi connectivity index (χ1) is 15.1. The van der Waals surface area contributed by atoms with E-state index in [2.05, 4.69) is 15.4 Å². The number of nitrogens with one attached hydrogen (secondary N) is 1. The summed E-state index contributed by atoms with van der Waals surface area (Å²) >= 11 is 12.5. The average molecular weight is 496 g/mol. The average Bonchev–Trinajstić information content (AvgIpc) is 3.05. The molecule has 1 aliphatic heterocycles. The fraction of sp³-hybridized carbons (Fsp3) is 0.381. The smallest absolute Gasteiger partial charge is 0.258 e. The van der Waals surface area contributed by atoms with E-state index in [9.17, 15) is 13.2 Å². The number of aromatic nitrogens is 3. The van der Waals surface area contributed by atoms with Gasteiger partial charge in [0.25, 0.3) is 5.91 Å². The largest absolute Gasteiger partial charge is 0.322 e. The van der Waals surface area contributed by atoms with Crippen LogP contribution in [0.5, 0.6) is 0 Å². The van der Waals surface area contributed by atoms with Gasteiger partial charge in [0.15, 0.2) is 5.65 Å². The number of nitrogens with zero attached hydrogens (tertiary/aromatic N) is 4. The van der Waals surface area contributed by atoms with Gasteiger partial charge in [-0.3, -0.25) is 4.79 Å². The quantitative estimate of drug-likeness (QED) is 0.577. The van der Waals surface area contributed by atoms with E-state index in [1.807, 2.05) is 6.92 Å². The summed E-state index contributed by atoms with van der Waals surface area (Å²) in [5.74, 6) is -0.0871. The van der Waals surface area contributed by atoms with Crippen LogP contribution in [0.2, 0.25) is 10.0 Å². The molecule has 3 heterocycles. The van der Waals surface area contributed by atoms with Crippen LogP contribution in [-0.2, 0) is 16.6 Å². The molecule has 0 saturated carbocycles. The predicted molar refractivity (Wildman–Crippen MR) is 126 cm³/mol. The van der Waals surface area contributed by atoms with Crippen molar-refractivity contribution in [2.75, 3.05) is 24.7 Å². The molecule has 1 N–H and O–H groups in total. The van der Waals surface area contributed by atoms with Gasteiger partial charge in [-0.2, -0.15) is 5.10 Å². The Balaban J connectivity index is 1.54. The number of piperidine rings is 1. The molecule has 0 spiro atoms. The van der Waals surface area contributed by atoms with Gasteiger partial charge in [0.05, 0.1) is 27.9 Å². The van der Waals surface area contributed by atoms with Crippen molar-refractivity contribution < 1.29 is 13.2 Å². The van der Waals surface area contributed by atoms with Gasteiger partial charge in [-0.05, 0) is 49.9 Å². The van der Waals surface area contributed by atoms with Crippen LogP contribution in [0.1, 0.15) is 28.9 Å². The lowest BCUT2D eigenvalue weighted by Crippen LogP contribution is -2.38. The van der Waals surface area contributed by atoms with Crippen LogP contribution in [0.3, 0.4) is 0 Å². The van der Waals surface area contributed by atoms with Gasteiger partial charge in [-0.1, -0.05) is 23.2 Å². The molecule has 4 rings (SSSR count). The van der Waals surface area contributed by atoms with Crippen LogP contribution in [0.25, 0.3) is 11.0 Å². The molecule has 0 radical (unpaired) electrons. The third-order valence-corrected chi connectivity index (χ3v) is 7.64. The molecule has 0 atom stereocenters. The molecule has 3 aromatic rings. The Morgan fingerprint density at radius 1 is 1.19 bits per heavy atom. The number of sulfonamides is 1. The highest BCUT2D eigenvalue weighted by Crippen LogP contribution is 2.30.